The Morgan fingerprint density at radius 1 is 1.41 bits per heavy atom. The Morgan fingerprint density at radius 2 is 2.18 bits per heavy atom. The Hall–Kier alpha value is -1.03. The summed E-state index contributed by atoms with van der Waals surface area (Å²) in [5.74, 6) is 1.05. The fourth-order valence-electron chi connectivity index (χ4n) is 2.65. The lowest BCUT2D eigenvalue weighted by Crippen LogP contribution is -2.36. The fraction of sp³-hybridized carbons (Fsp3) is 0.769. The molecule has 1 saturated heterocycles. The van der Waals surface area contributed by atoms with E-state index in [4.69, 9.17) is 0 Å². The van der Waals surface area contributed by atoms with Crippen molar-refractivity contribution in [3.63, 3.8) is 0 Å². The van der Waals surface area contributed by atoms with Gasteiger partial charge in [-0.25, -0.2) is 4.98 Å². The van der Waals surface area contributed by atoms with Gasteiger partial charge in [0.15, 0.2) is 0 Å². The molecule has 2 heterocycles. The normalized spacial score (nSPS) is 22.9. The van der Waals surface area contributed by atoms with Crippen molar-refractivity contribution in [3.05, 3.63) is 12.4 Å². The van der Waals surface area contributed by atoms with Crippen LogP contribution in [0.1, 0.15) is 38.6 Å². The van der Waals surface area contributed by atoms with Gasteiger partial charge in [-0.15, -0.1) is 0 Å². The molecule has 2 aliphatic rings. The Morgan fingerprint density at radius 3 is 2.88 bits per heavy atom. The minimum Gasteiger partial charge on any atom is -0.354 e. The second kappa shape index (κ2) is 4.69. The molecule has 0 spiro atoms. The molecule has 1 atom stereocenters. The Bertz CT molecular complexity index is 363. The zero-order chi connectivity index (χ0) is 11.7. The van der Waals surface area contributed by atoms with Gasteiger partial charge in [-0.3, -0.25) is 4.90 Å². The number of aromatic nitrogens is 2. The van der Waals surface area contributed by atoms with E-state index in [1.54, 1.807) is 0 Å². The highest BCUT2D eigenvalue weighted by atomic mass is 15.2. The standard InChI is InChI=1S/C13H22N4/c1-11(16-7-2-3-8-16)10-15-13-14-6-9-17(13)12-4-5-12/h6,9,11-12H,2-5,7-8,10H2,1H3,(H,14,15). The average Bonchev–Trinajstić information content (AvgIpc) is 2.87. The van der Waals surface area contributed by atoms with Crippen LogP contribution in [0.5, 0.6) is 0 Å². The van der Waals surface area contributed by atoms with Gasteiger partial charge in [0.2, 0.25) is 5.95 Å². The first-order chi connectivity index (χ1) is 8.34. The molecule has 0 aromatic carbocycles. The first-order valence-electron chi connectivity index (χ1n) is 6.85. The maximum Gasteiger partial charge on any atom is 0.203 e. The number of imidazole rings is 1. The number of anilines is 1. The minimum absolute atomic E-state index is 0.613. The zero-order valence-corrected chi connectivity index (χ0v) is 10.6. The highest BCUT2D eigenvalue weighted by Gasteiger charge is 2.25. The molecule has 0 radical (unpaired) electrons. The van der Waals surface area contributed by atoms with Crippen LogP contribution in [-0.4, -0.2) is 40.1 Å². The fourth-order valence-corrected chi connectivity index (χ4v) is 2.65. The number of hydrogen-bond donors (Lipinski definition) is 1. The second-order valence-electron chi connectivity index (χ2n) is 5.36. The molecule has 1 aliphatic carbocycles. The first kappa shape index (κ1) is 11.1. The lowest BCUT2D eigenvalue weighted by molar-refractivity contribution is 0.268. The zero-order valence-electron chi connectivity index (χ0n) is 10.6. The molecule has 1 aromatic rings. The predicted molar refractivity (Wildman–Crippen MR) is 69.3 cm³/mol. The van der Waals surface area contributed by atoms with Gasteiger partial charge in [0.05, 0.1) is 0 Å². The van der Waals surface area contributed by atoms with Gasteiger partial charge in [0, 0.05) is 31.0 Å². The van der Waals surface area contributed by atoms with E-state index in [1.165, 1.54) is 38.8 Å². The summed E-state index contributed by atoms with van der Waals surface area (Å²) in [6, 6.07) is 1.32. The van der Waals surface area contributed by atoms with Crippen LogP contribution >= 0.6 is 0 Å². The average molecular weight is 234 g/mol. The first-order valence-corrected chi connectivity index (χ1v) is 6.85. The van der Waals surface area contributed by atoms with Crippen LogP contribution < -0.4 is 5.32 Å². The summed E-state index contributed by atoms with van der Waals surface area (Å²) < 4.78 is 2.29. The maximum absolute atomic E-state index is 4.41. The third kappa shape index (κ3) is 2.46. The number of hydrogen-bond acceptors (Lipinski definition) is 3. The van der Waals surface area contributed by atoms with Gasteiger partial charge in [0.25, 0.3) is 0 Å². The molecule has 1 N–H and O–H groups in total. The van der Waals surface area contributed by atoms with Crippen molar-refractivity contribution in [2.75, 3.05) is 25.0 Å². The second-order valence-corrected chi connectivity index (χ2v) is 5.36. The highest BCUT2D eigenvalue weighted by Crippen LogP contribution is 2.36. The van der Waals surface area contributed by atoms with Crippen LogP contribution in [0, 0.1) is 0 Å². The van der Waals surface area contributed by atoms with Gasteiger partial charge < -0.3 is 9.88 Å². The van der Waals surface area contributed by atoms with Crippen LogP contribution in [0.25, 0.3) is 0 Å². The van der Waals surface area contributed by atoms with E-state index < -0.39 is 0 Å². The molecule has 1 aromatic heterocycles. The van der Waals surface area contributed by atoms with Gasteiger partial charge in [0.1, 0.15) is 0 Å². The van der Waals surface area contributed by atoms with Gasteiger partial charge in [-0.05, 0) is 45.7 Å². The minimum atomic E-state index is 0.613. The van der Waals surface area contributed by atoms with Gasteiger partial charge >= 0.3 is 0 Å². The van der Waals surface area contributed by atoms with E-state index in [9.17, 15) is 0 Å². The molecule has 3 rings (SSSR count). The third-order valence-corrected chi connectivity index (χ3v) is 3.93. The molecule has 1 aliphatic heterocycles. The SMILES string of the molecule is CC(CNc1nccn1C1CC1)N1CCCC1. The molecule has 0 amide bonds. The monoisotopic (exact) mass is 234 g/mol. The third-order valence-electron chi connectivity index (χ3n) is 3.93. The molecule has 0 bridgehead atoms. The van der Waals surface area contributed by atoms with Crippen molar-refractivity contribution in [2.24, 2.45) is 0 Å². The summed E-state index contributed by atoms with van der Waals surface area (Å²) in [7, 11) is 0. The maximum atomic E-state index is 4.41. The number of nitrogens with one attached hydrogen (secondary N) is 1. The van der Waals surface area contributed by atoms with E-state index in [0.717, 1.165) is 12.5 Å². The van der Waals surface area contributed by atoms with Crippen molar-refractivity contribution in [1.82, 2.24) is 14.5 Å². The van der Waals surface area contributed by atoms with E-state index in [2.05, 4.69) is 32.9 Å². The largest absolute Gasteiger partial charge is 0.354 e. The lowest BCUT2D eigenvalue weighted by Gasteiger charge is -2.24. The van der Waals surface area contributed by atoms with E-state index in [-0.39, 0.29) is 0 Å². The molecule has 94 valence electrons. The van der Waals surface area contributed by atoms with Crippen LogP contribution in [0.4, 0.5) is 5.95 Å². The number of likely N-dealkylation sites (tertiary alicyclic amines) is 1. The molecular formula is C13H22N4. The van der Waals surface area contributed by atoms with Crippen molar-refractivity contribution < 1.29 is 0 Å². The summed E-state index contributed by atoms with van der Waals surface area (Å²) >= 11 is 0. The topological polar surface area (TPSA) is 33.1 Å². The van der Waals surface area contributed by atoms with Crippen molar-refractivity contribution in [1.29, 1.82) is 0 Å². The Labute approximate surface area is 103 Å². The molecule has 4 heteroatoms. The van der Waals surface area contributed by atoms with Crippen LogP contribution in [0.15, 0.2) is 12.4 Å². The van der Waals surface area contributed by atoms with E-state index >= 15 is 0 Å². The molecule has 2 fully saturated rings. The molecule has 1 saturated carbocycles. The van der Waals surface area contributed by atoms with Crippen molar-refractivity contribution in [3.8, 4) is 0 Å². The predicted octanol–water partition coefficient (Wildman–Crippen LogP) is 2.11. The van der Waals surface area contributed by atoms with Gasteiger partial charge in [-0.1, -0.05) is 0 Å². The quantitative estimate of drug-likeness (QED) is 0.847. The highest BCUT2D eigenvalue weighted by molar-refractivity contribution is 5.28. The molecule has 17 heavy (non-hydrogen) atoms. The summed E-state index contributed by atoms with van der Waals surface area (Å²) in [4.78, 5) is 6.98. The number of nitrogens with zero attached hydrogens (tertiary/aromatic N) is 3. The van der Waals surface area contributed by atoms with Crippen molar-refractivity contribution in [2.45, 2.75) is 44.7 Å². The molecular weight excluding hydrogens is 212 g/mol. The lowest BCUT2D eigenvalue weighted by atomic mass is 10.3. The molecule has 4 nitrogen and oxygen atoms in total. The van der Waals surface area contributed by atoms with Gasteiger partial charge in [-0.2, -0.15) is 0 Å². The summed E-state index contributed by atoms with van der Waals surface area (Å²) in [5.41, 5.74) is 0. The summed E-state index contributed by atoms with van der Waals surface area (Å²) in [6.45, 7) is 5.84. The Balaban J connectivity index is 1.54. The van der Waals surface area contributed by atoms with Crippen molar-refractivity contribution >= 4 is 5.95 Å². The van der Waals surface area contributed by atoms with Crippen LogP contribution in [-0.2, 0) is 0 Å². The smallest absolute Gasteiger partial charge is 0.203 e. The summed E-state index contributed by atoms with van der Waals surface area (Å²) in [5, 5.41) is 3.50. The number of rotatable bonds is 5. The van der Waals surface area contributed by atoms with Crippen LogP contribution in [0.2, 0.25) is 0 Å². The molecule has 1 unspecified atom stereocenters. The Kier molecular flexibility index (Phi) is 3.05. The van der Waals surface area contributed by atoms with E-state index in [0.29, 0.717) is 12.1 Å². The van der Waals surface area contributed by atoms with Crippen LogP contribution in [0.3, 0.4) is 0 Å². The van der Waals surface area contributed by atoms with E-state index in [1.807, 2.05) is 6.20 Å². The summed E-state index contributed by atoms with van der Waals surface area (Å²) in [6.07, 6.45) is 9.35.